The number of ether oxygens (including phenoxy) is 2. The molecule has 0 saturated carbocycles. The molecule has 5 aromatic rings. The van der Waals surface area contributed by atoms with E-state index in [1.165, 1.54) is 6.07 Å². The summed E-state index contributed by atoms with van der Waals surface area (Å²) in [4.78, 5) is 33.1. The Labute approximate surface area is 273 Å². The lowest BCUT2D eigenvalue weighted by atomic mass is 9.86. The van der Waals surface area contributed by atoms with Crippen LogP contribution in [0.2, 0.25) is 0 Å². The number of halogens is 1. The summed E-state index contributed by atoms with van der Waals surface area (Å²) in [5.41, 5.74) is 6.67. The number of rotatable bonds is 7. The van der Waals surface area contributed by atoms with Crippen molar-refractivity contribution in [1.29, 1.82) is 0 Å². The first-order valence-corrected chi connectivity index (χ1v) is 15.6. The molecule has 47 heavy (non-hydrogen) atoms. The van der Waals surface area contributed by atoms with Crippen molar-refractivity contribution < 1.29 is 23.8 Å². The van der Waals surface area contributed by atoms with Crippen molar-refractivity contribution in [3.63, 3.8) is 0 Å². The molecule has 11 heteroatoms. The minimum absolute atomic E-state index is 0.266. The van der Waals surface area contributed by atoms with Gasteiger partial charge in [0.2, 0.25) is 5.95 Å². The van der Waals surface area contributed by atoms with E-state index in [1.54, 1.807) is 25.5 Å². The Balaban J connectivity index is 1.62. The predicted octanol–water partition coefficient (Wildman–Crippen LogP) is 6.85. The minimum Gasteiger partial charge on any atom is -0.490 e. The first kappa shape index (κ1) is 32.1. The third-order valence-electron chi connectivity index (χ3n) is 8.46. The monoisotopic (exact) mass is 638 g/mol. The zero-order valence-corrected chi connectivity index (χ0v) is 28.0. The molecular formula is C36H39FN6O4. The standard InChI is InChI=1S/C36H39FN6O4/c1-19-23-10-9-13-46-31(23)26(37)15-24(19)30-25-16-28(21-11-12-38-27(14-21)22-17-39-35(40-18-22)42(6)7)43(8)33(25)41-20(2)29(30)32(34(44)45)47-36(3,4)5/h11-12,14-18,32H,9-10,13H2,1-8H3,(H,44,45)/t32-/m0/s1. The zero-order chi connectivity index (χ0) is 33.8. The largest absolute Gasteiger partial charge is 0.490 e. The van der Waals surface area contributed by atoms with E-state index in [-0.39, 0.29) is 5.75 Å². The average Bonchev–Trinajstić information content (AvgIpc) is 3.36. The van der Waals surface area contributed by atoms with Gasteiger partial charge in [-0.05, 0) is 82.9 Å². The number of aromatic nitrogens is 5. The van der Waals surface area contributed by atoms with Gasteiger partial charge >= 0.3 is 5.97 Å². The number of nitrogens with zero attached hydrogens (tertiary/aromatic N) is 6. The van der Waals surface area contributed by atoms with Crippen LogP contribution in [0, 0.1) is 19.7 Å². The van der Waals surface area contributed by atoms with E-state index in [0.717, 1.165) is 34.4 Å². The molecule has 5 heterocycles. The summed E-state index contributed by atoms with van der Waals surface area (Å²) in [6, 6.07) is 7.31. The molecule has 10 nitrogen and oxygen atoms in total. The van der Waals surface area contributed by atoms with Crippen LogP contribution in [-0.2, 0) is 23.0 Å². The Bertz CT molecular complexity index is 2010. The molecule has 1 aromatic carbocycles. The highest BCUT2D eigenvalue weighted by atomic mass is 19.1. The lowest BCUT2D eigenvalue weighted by Crippen LogP contribution is -2.28. The SMILES string of the molecule is Cc1nc2c(cc(-c3ccnc(-c4cnc(N(C)C)nc4)c3)n2C)c(-c2cc(F)c3c(c2C)CCCO3)c1[C@H](OC(C)(C)C)C(=O)O. The highest BCUT2D eigenvalue weighted by molar-refractivity contribution is 6.01. The summed E-state index contributed by atoms with van der Waals surface area (Å²) in [6.07, 6.45) is 5.29. The number of carbonyl (C=O) groups is 1. The van der Waals surface area contributed by atoms with Crippen molar-refractivity contribution in [2.75, 3.05) is 25.6 Å². The van der Waals surface area contributed by atoms with Gasteiger partial charge in [-0.2, -0.15) is 0 Å². The van der Waals surface area contributed by atoms with Crippen molar-refractivity contribution in [3.8, 4) is 39.4 Å². The van der Waals surface area contributed by atoms with Crippen LogP contribution in [0.1, 0.15) is 55.7 Å². The normalized spacial score (nSPS) is 13.7. The molecule has 0 fully saturated rings. The molecule has 1 atom stereocenters. The molecule has 1 aliphatic heterocycles. The fourth-order valence-electron chi connectivity index (χ4n) is 6.28. The van der Waals surface area contributed by atoms with Gasteiger partial charge in [-0.1, -0.05) is 0 Å². The Hall–Kier alpha value is -4.90. The topological polar surface area (TPSA) is 115 Å². The van der Waals surface area contributed by atoms with E-state index >= 15 is 4.39 Å². The van der Waals surface area contributed by atoms with Gasteiger partial charge in [-0.3, -0.25) is 4.98 Å². The van der Waals surface area contributed by atoms with Gasteiger partial charge in [-0.15, -0.1) is 0 Å². The Morgan fingerprint density at radius 1 is 1.11 bits per heavy atom. The third-order valence-corrected chi connectivity index (χ3v) is 8.46. The van der Waals surface area contributed by atoms with E-state index in [1.807, 2.05) is 76.5 Å². The Kier molecular flexibility index (Phi) is 8.21. The maximum Gasteiger partial charge on any atom is 0.337 e. The van der Waals surface area contributed by atoms with E-state index in [4.69, 9.17) is 14.5 Å². The van der Waals surface area contributed by atoms with Crippen LogP contribution >= 0.6 is 0 Å². The number of hydrogen-bond donors (Lipinski definition) is 1. The van der Waals surface area contributed by atoms with Crippen molar-refractivity contribution in [3.05, 3.63) is 71.1 Å². The Morgan fingerprint density at radius 3 is 2.49 bits per heavy atom. The quantitative estimate of drug-likeness (QED) is 0.204. The maximum absolute atomic E-state index is 15.8. The smallest absolute Gasteiger partial charge is 0.337 e. The molecule has 0 amide bonds. The molecule has 244 valence electrons. The molecule has 0 spiro atoms. The van der Waals surface area contributed by atoms with Crippen LogP contribution in [0.4, 0.5) is 10.3 Å². The number of hydrogen-bond acceptors (Lipinski definition) is 8. The second kappa shape index (κ2) is 12.0. The summed E-state index contributed by atoms with van der Waals surface area (Å²) in [5, 5.41) is 11.2. The third kappa shape index (κ3) is 5.91. The summed E-state index contributed by atoms with van der Waals surface area (Å²) < 4.78 is 29.7. The van der Waals surface area contributed by atoms with Crippen molar-refractivity contribution in [2.45, 2.75) is 59.2 Å². The number of fused-ring (bicyclic) bond motifs is 2. The molecule has 1 aliphatic rings. The second-order valence-electron chi connectivity index (χ2n) is 13.1. The Morgan fingerprint density at radius 2 is 1.83 bits per heavy atom. The number of aryl methyl sites for hydroxylation is 2. The van der Waals surface area contributed by atoms with Crippen LogP contribution in [0.3, 0.4) is 0 Å². The molecular weight excluding hydrogens is 599 g/mol. The van der Waals surface area contributed by atoms with Gasteiger partial charge in [0, 0.05) is 78.6 Å². The summed E-state index contributed by atoms with van der Waals surface area (Å²) in [6.45, 7) is 9.61. The molecule has 1 N–H and O–H groups in total. The number of benzene rings is 1. The second-order valence-corrected chi connectivity index (χ2v) is 13.1. The first-order valence-electron chi connectivity index (χ1n) is 15.6. The summed E-state index contributed by atoms with van der Waals surface area (Å²) >= 11 is 0. The first-order chi connectivity index (χ1) is 22.2. The summed E-state index contributed by atoms with van der Waals surface area (Å²) in [5.74, 6) is -0.765. The van der Waals surface area contributed by atoms with Gasteiger partial charge in [0.1, 0.15) is 5.65 Å². The minimum atomic E-state index is -1.35. The molecule has 0 aliphatic carbocycles. The summed E-state index contributed by atoms with van der Waals surface area (Å²) in [7, 11) is 5.67. The van der Waals surface area contributed by atoms with E-state index in [9.17, 15) is 9.90 Å². The van der Waals surface area contributed by atoms with E-state index in [2.05, 4.69) is 15.0 Å². The van der Waals surface area contributed by atoms with Crippen LogP contribution in [0.15, 0.2) is 42.9 Å². The predicted molar refractivity (Wildman–Crippen MR) is 179 cm³/mol. The van der Waals surface area contributed by atoms with Crippen molar-refractivity contribution in [2.24, 2.45) is 7.05 Å². The molecule has 0 saturated heterocycles. The van der Waals surface area contributed by atoms with E-state index in [0.29, 0.717) is 58.1 Å². The fourth-order valence-corrected chi connectivity index (χ4v) is 6.28. The zero-order valence-electron chi connectivity index (χ0n) is 28.0. The van der Waals surface area contributed by atoms with Gasteiger partial charge in [0.15, 0.2) is 17.7 Å². The van der Waals surface area contributed by atoms with Crippen LogP contribution in [-0.4, -0.2) is 61.9 Å². The molecule has 0 bridgehead atoms. The number of aliphatic carboxylic acids is 1. The van der Waals surface area contributed by atoms with Crippen molar-refractivity contribution in [1.82, 2.24) is 24.5 Å². The highest BCUT2D eigenvalue weighted by Gasteiger charge is 2.34. The lowest BCUT2D eigenvalue weighted by molar-refractivity contribution is -0.160. The lowest BCUT2D eigenvalue weighted by Gasteiger charge is -2.29. The number of anilines is 1. The van der Waals surface area contributed by atoms with Gasteiger partial charge < -0.3 is 24.0 Å². The van der Waals surface area contributed by atoms with Crippen LogP contribution < -0.4 is 9.64 Å². The molecule has 0 unspecified atom stereocenters. The van der Waals surface area contributed by atoms with Crippen LogP contribution in [0.5, 0.6) is 5.75 Å². The number of carboxylic acids is 1. The van der Waals surface area contributed by atoms with Gasteiger partial charge in [0.25, 0.3) is 0 Å². The molecule has 0 radical (unpaired) electrons. The van der Waals surface area contributed by atoms with Gasteiger partial charge in [-0.25, -0.2) is 24.1 Å². The molecule has 6 rings (SSSR count). The number of carboxylic acid groups (broad SMARTS) is 1. The fraction of sp³-hybridized carbons (Fsp3) is 0.361. The maximum atomic E-state index is 15.8. The highest BCUT2D eigenvalue weighted by Crippen LogP contribution is 2.45. The van der Waals surface area contributed by atoms with E-state index < -0.39 is 23.5 Å². The van der Waals surface area contributed by atoms with Crippen LogP contribution in [0.25, 0.3) is 44.7 Å². The van der Waals surface area contributed by atoms with Crippen molar-refractivity contribution >= 4 is 23.0 Å². The molecule has 4 aromatic heterocycles. The number of pyridine rings is 2. The van der Waals surface area contributed by atoms with Gasteiger partial charge in [0.05, 0.1) is 23.6 Å². The average molecular weight is 639 g/mol.